The zero-order valence-corrected chi connectivity index (χ0v) is 17.1. The average Bonchev–Trinajstić information content (AvgIpc) is 3.37. The van der Waals surface area contributed by atoms with Crippen LogP contribution < -0.4 is 5.32 Å². The molecule has 8 heteroatoms. The minimum absolute atomic E-state index is 0.0506. The summed E-state index contributed by atoms with van der Waals surface area (Å²) in [6.07, 6.45) is 3.21. The average molecular weight is 404 g/mol. The monoisotopic (exact) mass is 403 g/mol. The summed E-state index contributed by atoms with van der Waals surface area (Å²) in [5.74, 6) is -1.30. The lowest BCUT2D eigenvalue weighted by atomic mass is 9.82. The molecule has 1 N–H and O–H groups in total. The molecule has 1 saturated heterocycles. The van der Waals surface area contributed by atoms with E-state index in [9.17, 15) is 18.0 Å². The Balaban J connectivity index is 1.70. The number of sulfonamides is 1. The maximum Gasteiger partial charge on any atom is 0.286 e. The van der Waals surface area contributed by atoms with Crippen LogP contribution in [0.25, 0.3) is 0 Å². The van der Waals surface area contributed by atoms with E-state index in [-0.39, 0.29) is 22.4 Å². The Morgan fingerprint density at radius 1 is 1.18 bits per heavy atom. The predicted octanol–water partition coefficient (Wildman–Crippen LogP) is 2.44. The number of hydrogen-bond acceptors (Lipinski definition) is 5. The van der Waals surface area contributed by atoms with Crippen LogP contribution in [-0.2, 0) is 19.6 Å². The molecule has 2 atom stereocenters. The molecule has 0 spiro atoms. The van der Waals surface area contributed by atoms with Crippen molar-refractivity contribution in [1.29, 1.82) is 0 Å². The Hall–Kier alpha value is -2.22. The van der Waals surface area contributed by atoms with E-state index in [0.29, 0.717) is 18.2 Å². The number of amides is 1. The van der Waals surface area contributed by atoms with Crippen molar-refractivity contribution in [2.45, 2.75) is 51.0 Å². The van der Waals surface area contributed by atoms with Crippen LogP contribution in [0, 0.1) is 17.3 Å². The molecule has 1 aromatic rings. The summed E-state index contributed by atoms with van der Waals surface area (Å²) >= 11 is 0. The number of ketones is 1. The normalized spacial score (nSPS) is 26.7. The summed E-state index contributed by atoms with van der Waals surface area (Å²) in [7, 11) is -3.96. The number of amidine groups is 1. The second-order valence-corrected chi connectivity index (χ2v) is 10.5. The van der Waals surface area contributed by atoms with E-state index >= 15 is 0 Å². The fourth-order valence-electron chi connectivity index (χ4n) is 4.10. The van der Waals surface area contributed by atoms with Gasteiger partial charge in [-0.25, -0.2) is 0 Å². The summed E-state index contributed by atoms with van der Waals surface area (Å²) < 4.78 is 29.0. The highest BCUT2D eigenvalue weighted by Gasteiger charge is 2.54. The third-order valence-electron chi connectivity index (χ3n) is 5.61. The van der Waals surface area contributed by atoms with Gasteiger partial charge < -0.3 is 10.2 Å². The van der Waals surface area contributed by atoms with E-state index in [1.54, 1.807) is 23.1 Å². The molecule has 150 valence electrons. The lowest BCUT2D eigenvalue weighted by Crippen LogP contribution is -2.45. The van der Waals surface area contributed by atoms with Crippen molar-refractivity contribution in [3.8, 4) is 0 Å². The van der Waals surface area contributed by atoms with Gasteiger partial charge in [0.2, 0.25) is 5.91 Å². The molecule has 3 aliphatic rings. The molecule has 2 fully saturated rings. The molecule has 1 amide bonds. The maximum absolute atomic E-state index is 13.3. The summed E-state index contributed by atoms with van der Waals surface area (Å²) in [5.41, 5.74) is -0.103. The van der Waals surface area contributed by atoms with Gasteiger partial charge in [-0.05, 0) is 29.9 Å². The first-order chi connectivity index (χ1) is 13.1. The quantitative estimate of drug-likeness (QED) is 0.779. The van der Waals surface area contributed by atoms with Crippen LogP contribution in [0.2, 0.25) is 0 Å². The second-order valence-electron chi connectivity index (χ2n) is 8.94. The van der Waals surface area contributed by atoms with Gasteiger partial charge in [-0.15, -0.1) is 4.40 Å². The predicted molar refractivity (Wildman–Crippen MR) is 105 cm³/mol. The molecule has 4 rings (SSSR count). The molecule has 0 bridgehead atoms. The molecule has 0 aromatic heterocycles. The Morgan fingerprint density at radius 3 is 2.50 bits per heavy atom. The molecular formula is C20H25N3O4S. The zero-order valence-electron chi connectivity index (χ0n) is 16.3. The fraction of sp³-hybridized carbons (Fsp3) is 0.550. The lowest BCUT2D eigenvalue weighted by Gasteiger charge is -2.33. The molecule has 2 heterocycles. The van der Waals surface area contributed by atoms with Crippen molar-refractivity contribution in [2.24, 2.45) is 21.6 Å². The van der Waals surface area contributed by atoms with Crippen LogP contribution in [0.3, 0.4) is 0 Å². The summed E-state index contributed by atoms with van der Waals surface area (Å²) in [6, 6.07) is 5.78. The van der Waals surface area contributed by atoms with E-state index in [2.05, 4.69) is 9.71 Å². The Bertz CT molecular complexity index is 973. The smallest absolute Gasteiger partial charge is 0.286 e. The highest BCUT2D eigenvalue weighted by atomic mass is 32.2. The topological polar surface area (TPSA) is 95.9 Å². The number of hydrogen-bond donors (Lipinski definition) is 1. The van der Waals surface area contributed by atoms with E-state index in [4.69, 9.17) is 0 Å². The molecule has 28 heavy (non-hydrogen) atoms. The van der Waals surface area contributed by atoms with Gasteiger partial charge in [0.15, 0.2) is 11.7 Å². The first kappa shape index (κ1) is 19.1. The minimum atomic E-state index is -3.96. The number of carbonyl (C=O) groups excluding carboxylic acids is 2. The summed E-state index contributed by atoms with van der Waals surface area (Å²) in [4.78, 5) is 28.2. The van der Waals surface area contributed by atoms with Gasteiger partial charge in [0, 0.05) is 6.54 Å². The number of likely N-dealkylation sites (tertiary alicyclic amines) is 1. The molecule has 0 radical (unpaired) electrons. The lowest BCUT2D eigenvalue weighted by molar-refractivity contribution is -0.131. The van der Waals surface area contributed by atoms with Crippen molar-refractivity contribution in [3.05, 3.63) is 24.3 Å². The third kappa shape index (κ3) is 3.23. The second kappa shape index (κ2) is 6.40. The number of fused-ring (bicyclic) bond motifs is 1. The Morgan fingerprint density at radius 2 is 1.86 bits per heavy atom. The van der Waals surface area contributed by atoms with E-state index in [1.807, 2.05) is 20.8 Å². The van der Waals surface area contributed by atoms with E-state index in [1.165, 1.54) is 18.9 Å². The largest absolute Gasteiger partial charge is 0.341 e. The summed E-state index contributed by atoms with van der Waals surface area (Å²) in [6.45, 7) is 6.30. The van der Waals surface area contributed by atoms with Crippen molar-refractivity contribution in [2.75, 3.05) is 11.9 Å². The zero-order chi connectivity index (χ0) is 20.3. The number of rotatable bonds is 4. The fourth-order valence-corrected chi connectivity index (χ4v) is 5.25. The van der Waals surface area contributed by atoms with Gasteiger partial charge in [0.05, 0.1) is 11.7 Å². The molecule has 1 saturated carbocycles. The van der Waals surface area contributed by atoms with Crippen LogP contribution in [-0.4, -0.2) is 43.4 Å². The number of carbonyl (C=O) groups is 2. The van der Waals surface area contributed by atoms with E-state index in [0.717, 1.165) is 6.42 Å². The highest BCUT2D eigenvalue weighted by molar-refractivity contribution is 7.90. The molecular weight excluding hydrogens is 378 g/mol. The molecule has 1 aliphatic carbocycles. The maximum atomic E-state index is 13.3. The summed E-state index contributed by atoms with van der Waals surface area (Å²) in [5, 5.41) is 2.93. The molecule has 1 unspecified atom stereocenters. The van der Waals surface area contributed by atoms with Crippen molar-refractivity contribution in [3.63, 3.8) is 0 Å². The number of benzene rings is 1. The number of nitrogens with one attached hydrogen (secondary N) is 1. The van der Waals surface area contributed by atoms with E-state index < -0.39 is 27.4 Å². The van der Waals surface area contributed by atoms with Crippen molar-refractivity contribution < 1.29 is 18.0 Å². The SMILES string of the molecule is CC(C)(C)[C@H]1C(=O)C(C2=NS(=O)(=O)c3ccccc3N2)C(=O)N1CCC1CC1. The van der Waals surface area contributed by atoms with Crippen LogP contribution in [0.4, 0.5) is 5.69 Å². The third-order valence-corrected chi connectivity index (χ3v) is 6.96. The molecule has 7 nitrogen and oxygen atoms in total. The standard InChI is InChI=1S/C20H25N3O4S/c1-20(2,3)17-16(24)15(19(25)23(17)11-10-12-8-9-12)18-21-13-6-4-5-7-14(13)28(26,27)22-18/h4-7,12,15,17H,8-11H2,1-3H3,(H,21,22)/t15?,17-/m1/s1. The highest BCUT2D eigenvalue weighted by Crippen LogP contribution is 2.39. The van der Waals surface area contributed by atoms with Crippen molar-refractivity contribution >= 4 is 33.2 Å². The van der Waals surface area contributed by atoms with Crippen molar-refractivity contribution in [1.82, 2.24) is 4.90 Å². The number of para-hydroxylation sites is 1. The Kier molecular flexibility index (Phi) is 4.37. The number of anilines is 1. The number of Topliss-reactive ketones (excluding diaryl/α,β-unsaturated/α-hetero) is 1. The van der Waals surface area contributed by atoms with Gasteiger partial charge in [0.1, 0.15) is 10.7 Å². The Labute approximate surface area is 165 Å². The van der Waals surface area contributed by atoms with Crippen LogP contribution in [0.15, 0.2) is 33.6 Å². The first-order valence-corrected chi connectivity index (χ1v) is 11.1. The first-order valence-electron chi connectivity index (χ1n) is 9.65. The van der Waals surface area contributed by atoms with Gasteiger partial charge in [-0.2, -0.15) is 8.42 Å². The van der Waals surface area contributed by atoms with Crippen LogP contribution in [0.1, 0.15) is 40.0 Å². The van der Waals surface area contributed by atoms with Gasteiger partial charge in [0.25, 0.3) is 10.0 Å². The van der Waals surface area contributed by atoms with Crippen LogP contribution in [0.5, 0.6) is 0 Å². The van der Waals surface area contributed by atoms with Crippen LogP contribution >= 0.6 is 0 Å². The minimum Gasteiger partial charge on any atom is -0.341 e. The van der Waals surface area contributed by atoms with Gasteiger partial charge in [-0.1, -0.05) is 45.7 Å². The molecule has 1 aromatic carbocycles. The number of nitrogens with zero attached hydrogens (tertiary/aromatic N) is 2. The molecule has 2 aliphatic heterocycles. The van der Waals surface area contributed by atoms with Gasteiger partial charge >= 0.3 is 0 Å². The van der Waals surface area contributed by atoms with Gasteiger partial charge in [-0.3, -0.25) is 9.59 Å².